The molecule has 1 aliphatic rings. The largest absolute Gasteiger partial charge is 0.356 e. The molecule has 0 unspecified atom stereocenters. The molecule has 28 heavy (non-hydrogen) atoms. The molecule has 6 heteroatoms. The highest BCUT2D eigenvalue weighted by atomic mass is 32.1. The van der Waals surface area contributed by atoms with Gasteiger partial charge in [0.05, 0.1) is 0 Å². The molecule has 150 valence electrons. The highest BCUT2D eigenvalue weighted by molar-refractivity contribution is 7.10. The number of nitrogens with one attached hydrogen (secondary N) is 1. The molecule has 0 bridgehead atoms. The summed E-state index contributed by atoms with van der Waals surface area (Å²) < 4.78 is 0. The van der Waals surface area contributed by atoms with Gasteiger partial charge in [-0.15, -0.1) is 11.3 Å². The zero-order valence-corrected chi connectivity index (χ0v) is 17.3. The highest BCUT2D eigenvalue weighted by Gasteiger charge is 2.21. The predicted octanol–water partition coefficient (Wildman–Crippen LogP) is 3.05. The summed E-state index contributed by atoms with van der Waals surface area (Å²) in [5, 5.41) is 5.02. The molecule has 2 heterocycles. The predicted molar refractivity (Wildman–Crippen MR) is 113 cm³/mol. The van der Waals surface area contributed by atoms with Crippen molar-refractivity contribution in [3.05, 3.63) is 57.8 Å². The van der Waals surface area contributed by atoms with E-state index in [0.29, 0.717) is 19.5 Å². The molecular weight excluding hydrogens is 370 g/mol. The Morgan fingerprint density at radius 2 is 2.00 bits per heavy atom. The average molecular weight is 400 g/mol. The summed E-state index contributed by atoms with van der Waals surface area (Å²) in [7, 11) is 2.09. The summed E-state index contributed by atoms with van der Waals surface area (Å²) in [6.07, 6.45) is 2.39. The number of thiophene rings is 1. The van der Waals surface area contributed by atoms with Crippen LogP contribution in [0.4, 0.5) is 0 Å². The molecule has 2 amide bonds. The second-order valence-corrected chi connectivity index (χ2v) is 8.36. The monoisotopic (exact) mass is 399 g/mol. The van der Waals surface area contributed by atoms with Crippen molar-refractivity contribution in [2.45, 2.75) is 38.8 Å². The Labute approximate surface area is 171 Å². The van der Waals surface area contributed by atoms with Gasteiger partial charge >= 0.3 is 0 Å². The lowest BCUT2D eigenvalue weighted by Crippen LogP contribution is -2.36. The Hall–Kier alpha value is -2.18. The number of carbonyl (C=O) groups is 2. The maximum atomic E-state index is 12.4. The van der Waals surface area contributed by atoms with E-state index in [9.17, 15) is 9.59 Å². The minimum atomic E-state index is -0.0349. The lowest BCUT2D eigenvalue weighted by Gasteiger charge is -2.27. The van der Waals surface area contributed by atoms with Crippen molar-refractivity contribution < 1.29 is 9.59 Å². The molecule has 1 N–H and O–H groups in total. The van der Waals surface area contributed by atoms with E-state index in [1.54, 1.807) is 11.3 Å². The minimum absolute atomic E-state index is 0.0349. The van der Waals surface area contributed by atoms with Crippen molar-refractivity contribution in [1.82, 2.24) is 15.1 Å². The molecule has 0 saturated carbocycles. The first-order valence-electron chi connectivity index (χ1n) is 9.94. The topological polar surface area (TPSA) is 52.7 Å². The molecule has 0 saturated heterocycles. The van der Waals surface area contributed by atoms with Gasteiger partial charge in [-0.3, -0.25) is 9.59 Å². The number of hydrogen-bond acceptors (Lipinski definition) is 4. The van der Waals surface area contributed by atoms with Crippen LogP contribution in [-0.2, 0) is 29.1 Å². The zero-order valence-electron chi connectivity index (χ0n) is 16.5. The van der Waals surface area contributed by atoms with Gasteiger partial charge in [0.15, 0.2) is 0 Å². The Morgan fingerprint density at radius 1 is 1.18 bits per heavy atom. The molecule has 0 spiro atoms. The maximum Gasteiger partial charge on any atom is 0.223 e. The molecule has 3 rings (SSSR count). The number of carbonyl (C=O) groups excluding carboxylic acids is 2. The molecule has 0 atom stereocenters. The summed E-state index contributed by atoms with van der Waals surface area (Å²) in [5.74, 6) is 0.0434. The van der Waals surface area contributed by atoms with Crippen LogP contribution >= 0.6 is 11.3 Å². The summed E-state index contributed by atoms with van der Waals surface area (Å²) >= 11 is 1.77. The Morgan fingerprint density at radius 3 is 2.82 bits per heavy atom. The molecule has 1 aliphatic heterocycles. The molecular formula is C22H29N3O2S. The van der Waals surface area contributed by atoms with Crippen LogP contribution in [0.1, 0.15) is 35.3 Å². The Bertz CT molecular complexity index is 775. The SMILES string of the molecule is CN(CCCNC(=O)CCC(=O)N1CCc2sccc2C1)Cc1ccccc1. The lowest BCUT2D eigenvalue weighted by atomic mass is 10.1. The average Bonchev–Trinajstić information content (AvgIpc) is 3.18. The zero-order chi connectivity index (χ0) is 19.8. The number of benzene rings is 1. The van der Waals surface area contributed by atoms with Gasteiger partial charge in [0.1, 0.15) is 0 Å². The van der Waals surface area contributed by atoms with Crippen LogP contribution in [0.3, 0.4) is 0 Å². The van der Waals surface area contributed by atoms with Crippen molar-refractivity contribution >= 4 is 23.2 Å². The smallest absolute Gasteiger partial charge is 0.223 e. The number of amides is 2. The van der Waals surface area contributed by atoms with Gasteiger partial charge < -0.3 is 15.1 Å². The third-order valence-corrected chi connectivity index (χ3v) is 6.08. The third kappa shape index (κ3) is 6.17. The van der Waals surface area contributed by atoms with Gasteiger partial charge in [-0.25, -0.2) is 0 Å². The standard InChI is InChI=1S/C22H29N3O2S/c1-24(16-18-6-3-2-4-7-18)13-5-12-23-21(26)8-9-22(27)25-14-10-20-19(17-25)11-15-28-20/h2-4,6-7,11,15H,5,8-10,12-14,16-17H2,1H3,(H,23,26). The van der Waals surface area contributed by atoms with Crippen LogP contribution in [0.25, 0.3) is 0 Å². The van der Waals surface area contributed by atoms with Crippen molar-refractivity contribution in [2.75, 3.05) is 26.7 Å². The van der Waals surface area contributed by atoms with E-state index in [0.717, 1.165) is 32.5 Å². The summed E-state index contributed by atoms with van der Waals surface area (Å²) in [5.41, 5.74) is 2.55. The van der Waals surface area contributed by atoms with Crippen molar-refractivity contribution in [3.8, 4) is 0 Å². The van der Waals surface area contributed by atoms with E-state index in [1.807, 2.05) is 23.1 Å². The van der Waals surface area contributed by atoms with Gasteiger partial charge in [0.25, 0.3) is 0 Å². The fourth-order valence-corrected chi connectivity index (χ4v) is 4.37. The second-order valence-electron chi connectivity index (χ2n) is 7.36. The van der Waals surface area contributed by atoms with Crippen molar-refractivity contribution in [3.63, 3.8) is 0 Å². The third-order valence-electron chi connectivity index (χ3n) is 5.06. The summed E-state index contributed by atoms with van der Waals surface area (Å²) in [6.45, 7) is 3.93. The first-order valence-corrected chi connectivity index (χ1v) is 10.8. The van der Waals surface area contributed by atoms with E-state index < -0.39 is 0 Å². The number of nitrogens with zero attached hydrogens (tertiary/aromatic N) is 2. The van der Waals surface area contributed by atoms with Crippen molar-refractivity contribution in [1.29, 1.82) is 0 Å². The van der Waals surface area contributed by atoms with E-state index in [-0.39, 0.29) is 18.2 Å². The van der Waals surface area contributed by atoms with Crippen LogP contribution < -0.4 is 5.32 Å². The number of fused-ring (bicyclic) bond motifs is 1. The molecule has 2 aromatic rings. The Balaban J connectivity index is 1.27. The van der Waals surface area contributed by atoms with Gasteiger partial charge in [-0.1, -0.05) is 30.3 Å². The van der Waals surface area contributed by atoms with Gasteiger partial charge in [0.2, 0.25) is 11.8 Å². The quantitative estimate of drug-likeness (QED) is 0.660. The molecule has 0 radical (unpaired) electrons. The van der Waals surface area contributed by atoms with Crippen LogP contribution in [-0.4, -0.2) is 48.3 Å². The Kier molecular flexibility index (Phi) is 7.62. The molecule has 0 aliphatic carbocycles. The molecule has 1 aromatic carbocycles. The lowest BCUT2D eigenvalue weighted by molar-refractivity contribution is -0.134. The first-order chi connectivity index (χ1) is 13.6. The summed E-state index contributed by atoms with van der Waals surface area (Å²) in [6, 6.07) is 12.5. The van der Waals surface area contributed by atoms with E-state index in [2.05, 4.69) is 40.8 Å². The van der Waals surface area contributed by atoms with Crippen LogP contribution in [0.2, 0.25) is 0 Å². The molecule has 1 aromatic heterocycles. The van der Waals surface area contributed by atoms with E-state index in [1.165, 1.54) is 16.0 Å². The van der Waals surface area contributed by atoms with Gasteiger partial charge in [-0.05, 0) is 49.0 Å². The van der Waals surface area contributed by atoms with Gasteiger partial charge in [0, 0.05) is 43.9 Å². The van der Waals surface area contributed by atoms with E-state index in [4.69, 9.17) is 0 Å². The van der Waals surface area contributed by atoms with Crippen LogP contribution in [0, 0.1) is 0 Å². The fraction of sp³-hybridized carbons (Fsp3) is 0.455. The second kappa shape index (κ2) is 10.4. The number of rotatable bonds is 9. The van der Waals surface area contributed by atoms with Crippen molar-refractivity contribution in [2.24, 2.45) is 0 Å². The van der Waals surface area contributed by atoms with Gasteiger partial charge in [-0.2, -0.15) is 0 Å². The summed E-state index contributed by atoms with van der Waals surface area (Å²) in [4.78, 5) is 29.9. The highest BCUT2D eigenvalue weighted by Crippen LogP contribution is 2.24. The normalized spacial score (nSPS) is 13.4. The minimum Gasteiger partial charge on any atom is -0.356 e. The number of hydrogen-bond donors (Lipinski definition) is 1. The maximum absolute atomic E-state index is 12.4. The van der Waals surface area contributed by atoms with Crippen LogP contribution in [0.5, 0.6) is 0 Å². The fourth-order valence-electron chi connectivity index (χ4n) is 3.48. The van der Waals surface area contributed by atoms with Crippen LogP contribution in [0.15, 0.2) is 41.8 Å². The molecule has 5 nitrogen and oxygen atoms in total. The van der Waals surface area contributed by atoms with E-state index >= 15 is 0 Å². The first kappa shape index (κ1) is 20.6. The molecule has 0 fully saturated rings.